The van der Waals surface area contributed by atoms with Crippen LogP contribution in [-0.2, 0) is 6.18 Å². The van der Waals surface area contributed by atoms with Crippen LogP contribution in [0.2, 0.25) is 0 Å². The first-order chi connectivity index (χ1) is 9.80. The molecule has 1 unspecified atom stereocenters. The summed E-state index contributed by atoms with van der Waals surface area (Å²) < 4.78 is 39.3. The Kier molecular flexibility index (Phi) is 4.11. The van der Waals surface area contributed by atoms with Gasteiger partial charge in [0.15, 0.2) is 0 Å². The Morgan fingerprint density at radius 1 is 1.24 bits per heavy atom. The summed E-state index contributed by atoms with van der Waals surface area (Å²) in [5, 5.41) is 15.6. The molecular weight excluding hydrogens is 281 g/mol. The van der Waals surface area contributed by atoms with E-state index in [1.807, 2.05) is 0 Å². The molecule has 0 amide bonds. The van der Waals surface area contributed by atoms with Crippen molar-refractivity contribution in [1.82, 2.24) is 0 Å². The van der Waals surface area contributed by atoms with E-state index in [4.69, 9.17) is 11.1 Å². The first kappa shape index (κ1) is 15.2. The quantitative estimate of drug-likeness (QED) is 0.820. The topological polar surface area (TPSA) is 74.6 Å². The van der Waals surface area contributed by atoms with Crippen molar-refractivity contribution in [3.8, 4) is 0 Å². The van der Waals surface area contributed by atoms with Crippen molar-refractivity contribution in [2.75, 3.05) is 0 Å². The molecule has 0 saturated carbocycles. The predicted molar refractivity (Wildman–Crippen MR) is 75.7 cm³/mol. The molecule has 3 N–H and O–H groups in total. The molecule has 0 saturated heterocycles. The average Bonchev–Trinajstić information content (AvgIpc) is 2.43. The van der Waals surface area contributed by atoms with Gasteiger partial charge in [0.25, 0.3) is 0 Å². The number of hydrogen-bond acceptors (Lipinski definition) is 4. The second kappa shape index (κ2) is 5.67. The van der Waals surface area contributed by atoms with Crippen molar-refractivity contribution >= 4 is 17.3 Å². The maximum atomic E-state index is 13.1. The highest BCUT2D eigenvalue weighted by atomic mass is 19.4. The van der Waals surface area contributed by atoms with E-state index in [-0.39, 0.29) is 28.7 Å². The third-order valence-electron chi connectivity index (χ3n) is 3.35. The lowest BCUT2D eigenvalue weighted by Gasteiger charge is -2.19. The Hall–Kier alpha value is -2.18. The lowest BCUT2D eigenvalue weighted by atomic mass is 9.90. The van der Waals surface area contributed by atoms with Crippen LogP contribution >= 0.6 is 0 Å². The SMILES string of the molecule is CC1CC/C(N)=N/N=C(\c2ccccc2C(F)(F)F)C1=N. The van der Waals surface area contributed by atoms with Crippen molar-refractivity contribution in [2.24, 2.45) is 21.9 Å². The largest absolute Gasteiger partial charge is 0.417 e. The van der Waals surface area contributed by atoms with Gasteiger partial charge in [0, 0.05) is 17.9 Å². The van der Waals surface area contributed by atoms with Gasteiger partial charge in [-0.15, -0.1) is 10.2 Å². The Morgan fingerprint density at radius 2 is 1.90 bits per heavy atom. The summed E-state index contributed by atoms with van der Waals surface area (Å²) in [6.07, 6.45) is -3.48. The monoisotopic (exact) mass is 296 g/mol. The van der Waals surface area contributed by atoms with Crippen LogP contribution in [0, 0.1) is 11.3 Å². The summed E-state index contributed by atoms with van der Waals surface area (Å²) in [6.45, 7) is 1.77. The van der Waals surface area contributed by atoms with Gasteiger partial charge < -0.3 is 11.1 Å². The molecule has 1 aliphatic heterocycles. The number of halogens is 3. The molecule has 4 nitrogen and oxygen atoms in total. The van der Waals surface area contributed by atoms with Crippen LogP contribution in [0.1, 0.15) is 30.9 Å². The van der Waals surface area contributed by atoms with Crippen molar-refractivity contribution in [1.29, 1.82) is 5.41 Å². The van der Waals surface area contributed by atoms with Crippen LogP contribution < -0.4 is 5.73 Å². The molecule has 1 atom stereocenters. The summed E-state index contributed by atoms with van der Waals surface area (Å²) in [5.41, 5.74) is 4.64. The van der Waals surface area contributed by atoms with Crippen LogP contribution in [0.25, 0.3) is 0 Å². The molecule has 0 aliphatic carbocycles. The Balaban J connectivity index is 2.60. The third-order valence-corrected chi connectivity index (χ3v) is 3.35. The molecule has 21 heavy (non-hydrogen) atoms. The molecule has 0 fully saturated rings. The van der Waals surface area contributed by atoms with Gasteiger partial charge in [-0.3, -0.25) is 0 Å². The van der Waals surface area contributed by atoms with E-state index in [1.54, 1.807) is 6.92 Å². The molecule has 112 valence electrons. The molecular formula is C14H15F3N4. The van der Waals surface area contributed by atoms with E-state index in [0.717, 1.165) is 6.07 Å². The van der Waals surface area contributed by atoms with Gasteiger partial charge in [0.2, 0.25) is 0 Å². The first-order valence-electron chi connectivity index (χ1n) is 6.46. The fourth-order valence-corrected chi connectivity index (χ4v) is 2.10. The summed E-state index contributed by atoms with van der Waals surface area (Å²) in [6, 6.07) is 5.06. The van der Waals surface area contributed by atoms with Crippen LogP contribution in [0.3, 0.4) is 0 Å². The number of nitrogens with two attached hydrogens (primary N) is 1. The van der Waals surface area contributed by atoms with Crippen molar-refractivity contribution in [3.05, 3.63) is 35.4 Å². The van der Waals surface area contributed by atoms with Crippen LogP contribution in [0.5, 0.6) is 0 Å². The number of rotatable bonds is 1. The molecule has 1 aliphatic rings. The number of nitrogens with zero attached hydrogens (tertiary/aromatic N) is 2. The smallest absolute Gasteiger partial charge is 0.386 e. The minimum atomic E-state index is -4.51. The van der Waals surface area contributed by atoms with E-state index in [0.29, 0.717) is 12.8 Å². The van der Waals surface area contributed by atoms with Gasteiger partial charge in [-0.05, 0) is 12.5 Å². The van der Waals surface area contributed by atoms with E-state index in [9.17, 15) is 13.2 Å². The number of alkyl halides is 3. The molecule has 1 aromatic rings. The minimum Gasteiger partial charge on any atom is -0.386 e. The number of amidine groups is 1. The van der Waals surface area contributed by atoms with E-state index >= 15 is 0 Å². The van der Waals surface area contributed by atoms with Gasteiger partial charge in [0.05, 0.1) is 11.3 Å². The second-order valence-electron chi connectivity index (χ2n) is 4.94. The average molecular weight is 296 g/mol. The molecule has 0 radical (unpaired) electrons. The normalized spacial score (nSPS) is 25.3. The van der Waals surface area contributed by atoms with Crippen molar-refractivity contribution in [2.45, 2.75) is 25.9 Å². The molecule has 7 heteroatoms. The maximum Gasteiger partial charge on any atom is 0.417 e. The fourth-order valence-electron chi connectivity index (χ4n) is 2.10. The minimum absolute atomic E-state index is 0.0444. The zero-order valence-electron chi connectivity index (χ0n) is 11.4. The Morgan fingerprint density at radius 3 is 2.57 bits per heavy atom. The molecule has 0 spiro atoms. The zero-order chi connectivity index (χ0) is 15.6. The van der Waals surface area contributed by atoms with E-state index < -0.39 is 11.7 Å². The molecule has 1 heterocycles. The summed E-state index contributed by atoms with van der Waals surface area (Å²) in [5.74, 6) is 0.0235. The van der Waals surface area contributed by atoms with Gasteiger partial charge >= 0.3 is 6.18 Å². The third kappa shape index (κ3) is 3.29. The Bertz CT molecular complexity index is 617. The standard InChI is InChI=1S/C14H15F3N4/c1-8-6-7-11(18)20-21-13(12(8)19)9-4-2-3-5-10(9)14(15,16)17/h2-5,8,19H,6-7H2,1H3,(H2,18,20)/b19-12?,21-13+. The van der Waals surface area contributed by atoms with Crippen LogP contribution in [0.15, 0.2) is 34.5 Å². The van der Waals surface area contributed by atoms with Crippen LogP contribution in [-0.4, -0.2) is 17.3 Å². The van der Waals surface area contributed by atoms with Gasteiger partial charge in [0.1, 0.15) is 11.5 Å². The lowest BCUT2D eigenvalue weighted by molar-refractivity contribution is -0.137. The second-order valence-corrected chi connectivity index (χ2v) is 4.94. The summed E-state index contributed by atoms with van der Waals surface area (Å²) in [4.78, 5) is 0. The van der Waals surface area contributed by atoms with E-state index in [1.165, 1.54) is 18.2 Å². The van der Waals surface area contributed by atoms with E-state index in [2.05, 4.69) is 10.2 Å². The van der Waals surface area contributed by atoms with Crippen LogP contribution in [0.4, 0.5) is 13.2 Å². The number of hydrogen-bond donors (Lipinski definition) is 2. The summed E-state index contributed by atoms with van der Waals surface area (Å²) in [7, 11) is 0. The molecule has 0 bridgehead atoms. The molecule has 1 aromatic carbocycles. The highest BCUT2D eigenvalue weighted by Gasteiger charge is 2.35. The summed E-state index contributed by atoms with van der Waals surface area (Å²) >= 11 is 0. The first-order valence-corrected chi connectivity index (χ1v) is 6.46. The number of benzene rings is 1. The zero-order valence-corrected chi connectivity index (χ0v) is 11.4. The highest BCUT2D eigenvalue weighted by molar-refractivity contribution is 6.48. The van der Waals surface area contributed by atoms with Gasteiger partial charge in [-0.1, -0.05) is 25.1 Å². The fraction of sp³-hybridized carbons (Fsp3) is 0.357. The van der Waals surface area contributed by atoms with Gasteiger partial charge in [-0.2, -0.15) is 13.2 Å². The lowest BCUT2D eigenvalue weighted by Crippen LogP contribution is -2.28. The maximum absolute atomic E-state index is 13.1. The predicted octanol–water partition coefficient (Wildman–Crippen LogP) is 3.22. The van der Waals surface area contributed by atoms with Crippen molar-refractivity contribution < 1.29 is 13.2 Å². The molecule has 2 rings (SSSR count). The highest BCUT2D eigenvalue weighted by Crippen LogP contribution is 2.33. The van der Waals surface area contributed by atoms with Crippen molar-refractivity contribution in [3.63, 3.8) is 0 Å². The Labute approximate surface area is 120 Å². The van der Waals surface area contributed by atoms with Gasteiger partial charge in [-0.25, -0.2) is 0 Å². The number of nitrogens with one attached hydrogen (secondary N) is 1. The molecule has 0 aromatic heterocycles.